The predicted octanol–water partition coefficient (Wildman–Crippen LogP) is 3.95. The minimum absolute atomic E-state index is 0.153. The molecule has 7 heteroatoms. The smallest absolute Gasteiger partial charge is 0.235 e. The van der Waals surface area contributed by atoms with Crippen molar-refractivity contribution >= 4 is 68.5 Å². The molecular formula is C11H8Br3NO2S. The minimum atomic E-state index is -3.43. The lowest BCUT2D eigenvalue weighted by Crippen LogP contribution is -2.20. The molecule has 0 saturated heterocycles. The Balaban J connectivity index is 2.39. The zero-order chi connectivity index (χ0) is 13.4. The predicted molar refractivity (Wildman–Crippen MR) is 83.9 cm³/mol. The number of pyridine rings is 1. The van der Waals surface area contributed by atoms with E-state index >= 15 is 0 Å². The third kappa shape index (κ3) is 3.12. The van der Waals surface area contributed by atoms with Crippen molar-refractivity contribution in [2.75, 3.05) is 0 Å². The Hall–Kier alpha value is 0.0200. The minimum Gasteiger partial charge on any atom is -0.252 e. The lowest BCUT2D eigenvalue weighted by molar-refractivity contribution is 0.597. The standard InChI is InChI=1S/C11H8Br3NO2S/c12-11(13,14)18(16,17)7-9-6-5-8-3-1-2-4-10(8)15-9/h1-6H,7H2. The van der Waals surface area contributed by atoms with E-state index < -0.39 is 11.3 Å². The van der Waals surface area contributed by atoms with Crippen LogP contribution in [0.15, 0.2) is 36.4 Å². The first-order valence-electron chi connectivity index (χ1n) is 4.93. The van der Waals surface area contributed by atoms with Crippen molar-refractivity contribution in [3.8, 4) is 0 Å². The van der Waals surface area contributed by atoms with Gasteiger partial charge in [-0.15, -0.1) is 0 Å². The van der Waals surface area contributed by atoms with E-state index in [9.17, 15) is 8.42 Å². The molecule has 0 unspecified atom stereocenters. The van der Waals surface area contributed by atoms with Gasteiger partial charge in [0.25, 0.3) is 0 Å². The van der Waals surface area contributed by atoms with Crippen LogP contribution in [-0.2, 0) is 15.6 Å². The van der Waals surface area contributed by atoms with E-state index in [1.807, 2.05) is 30.3 Å². The van der Waals surface area contributed by atoms with Crippen LogP contribution in [0.25, 0.3) is 10.9 Å². The van der Waals surface area contributed by atoms with Gasteiger partial charge in [-0.2, -0.15) is 0 Å². The largest absolute Gasteiger partial charge is 0.252 e. The molecule has 1 aromatic carbocycles. The third-order valence-electron chi connectivity index (χ3n) is 2.35. The van der Waals surface area contributed by atoms with Gasteiger partial charge >= 0.3 is 0 Å². The number of para-hydroxylation sites is 1. The zero-order valence-corrected chi connectivity index (χ0v) is 14.6. The second-order valence-electron chi connectivity index (χ2n) is 3.70. The summed E-state index contributed by atoms with van der Waals surface area (Å²) in [7, 11) is -3.43. The van der Waals surface area contributed by atoms with Gasteiger partial charge < -0.3 is 0 Å². The Bertz CT molecular complexity index is 680. The zero-order valence-electron chi connectivity index (χ0n) is 8.98. The summed E-state index contributed by atoms with van der Waals surface area (Å²) in [5.41, 5.74) is 1.30. The Morgan fingerprint density at radius 1 is 1.06 bits per heavy atom. The van der Waals surface area contributed by atoms with E-state index in [2.05, 4.69) is 52.8 Å². The first-order chi connectivity index (χ1) is 8.29. The first-order valence-corrected chi connectivity index (χ1v) is 8.96. The van der Waals surface area contributed by atoms with Gasteiger partial charge in [0.1, 0.15) is 0 Å². The molecule has 0 aliphatic rings. The number of alkyl halides is 3. The quantitative estimate of drug-likeness (QED) is 0.641. The molecule has 0 atom stereocenters. The number of hydrogen-bond acceptors (Lipinski definition) is 3. The Morgan fingerprint density at radius 3 is 2.39 bits per heavy atom. The van der Waals surface area contributed by atoms with Crippen LogP contribution in [0.2, 0.25) is 0 Å². The van der Waals surface area contributed by atoms with Gasteiger partial charge in [0.05, 0.1) is 17.0 Å². The highest BCUT2D eigenvalue weighted by Gasteiger charge is 2.36. The molecule has 96 valence electrons. The lowest BCUT2D eigenvalue weighted by Gasteiger charge is -2.13. The fourth-order valence-electron chi connectivity index (χ4n) is 1.47. The van der Waals surface area contributed by atoms with Crippen LogP contribution in [0.1, 0.15) is 5.69 Å². The van der Waals surface area contributed by atoms with Crippen molar-refractivity contribution < 1.29 is 8.42 Å². The summed E-state index contributed by atoms with van der Waals surface area (Å²) in [6.07, 6.45) is 0. The van der Waals surface area contributed by atoms with Crippen molar-refractivity contribution in [1.82, 2.24) is 4.98 Å². The molecule has 0 spiro atoms. The first kappa shape index (κ1) is 14.4. The van der Waals surface area contributed by atoms with E-state index in [4.69, 9.17) is 0 Å². The molecule has 18 heavy (non-hydrogen) atoms. The average Bonchev–Trinajstić information content (AvgIpc) is 2.27. The molecule has 0 aliphatic carbocycles. The summed E-state index contributed by atoms with van der Waals surface area (Å²) in [6.45, 7) is 0. The molecule has 0 amide bonds. The molecule has 0 fully saturated rings. The van der Waals surface area contributed by atoms with E-state index in [1.54, 1.807) is 6.07 Å². The molecule has 0 radical (unpaired) electrons. The molecule has 0 bridgehead atoms. The molecule has 0 N–H and O–H groups in total. The fourth-order valence-corrected chi connectivity index (χ4v) is 3.21. The molecular weight excluding hydrogens is 450 g/mol. The van der Waals surface area contributed by atoms with Gasteiger partial charge in [-0.1, -0.05) is 24.3 Å². The highest BCUT2D eigenvalue weighted by atomic mass is 80.0. The van der Waals surface area contributed by atoms with Gasteiger partial charge in [0.2, 0.25) is 1.47 Å². The van der Waals surface area contributed by atoms with Crippen LogP contribution in [0.3, 0.4) is 0 Å². The highest BCUT2D eigenvalue weighted by molar-refractivity contribution is 9.42. The topological polar surface area (TPSA) is 47.0 Å². The van der Waals surface area contributed by atoms with E-state index in [0.29, 0.717) is 5.69 Å². The van der Waals surface area contributed by atoms with Gasteiger partial charge in [0.15, 0.2) is 9.84 Å². The number of fused-ring (bicyclic) bond motifs is 1. The number of halogens is 3. The van der Waals surface area contributed by atoms with E-state index in [-0.39, 0.29) is 5.75 Å². The molecule has 1 heterocycles. The van der Waals surface area contributed by atoms with Crippen LogP contribution in [0.4, 0.5) is 0 Å². The van der Waals surface area contributed by atoms with Crippen molar-refractivity contribution in [3.63, 3.8) is 0 Å². The summed E-state index contributed by atoms with van der Waals surface area (Å²) in [4.78, 5) is 4.33. The van der Waals surface area contributed by atoms with Crippen molar-refractivity contribution in [3.05, 3.63) is 42.1 Å². The van der Waals surface area contributed by atoms with Crippen LogP contribution in [-0.4, -0.2) is 14.9 Å². The SMILES string of the molecule is O=S(=O)(Cc1ccc2ccccc2n1)C(Br)(Br)Br. The van der Waals surface area contributed by atoms with Crippen LogP contribution in [0, 0.1) is 0 Å². The van der Waals surface area contributed by atoms with Gasteiger partial charge in [-0.25, -0.2) is 8.42 Å². The molecule has 0 saturated carbocycles. The molecule has 0 aliphatic heterocycles. The van der Waals surface area contributed by atoms with Crippen molar-refractivity contribution in [2.45, 2.75) is 7.23 Å². The number of hydrogen-bond donors (Lipinski definition) is 0. The molecule has 1 aromatic heterocycles. The second-order valence-corrected chi connectivity index (χ2v) is 14.2. The number of aromatic nitrogens is 1. The van der Waals surface area contributed by atoms with Crippen LogP contribution in [0.5, 0.6) is 0 Å². The summed E-state index contributed by atoms with van der Waals surface area (Å²) in [6, 6.07) is 11.2. The third-order valence-corrected chi connectivity index (χ3v) is 8.17. The number of rotatable bonds is 2. The summed E-state index contributed by atoms with van der Waals surface area (Å²) < 4.78 is 22.6. The van der Waals surface area contributed by atoms with Gasteiger partial charge in [-0.05, 0) is 59.9 Å². The fraction of sp³-hybridized carbons (Fsp3) is 0.182. The summed E-state index contributed by atoms with van der Waals surface area (Å²) in [5.74, 6) is -0.153. The average molecular weight is 458 g/mol. The maximum atomic E-state index is 12.0. The van der Waals surface area contributed by atoms with Crippen molar-refractivity contribution in [1.29, 1.82) is 0 Å². The van der Waals surface area contributed by atoms with Gasteiger partial charge in [0, 0.05) is 5.39 Å². The Labute approximate surface area is 130 Å². The molecule has 2 aromatic rings. The van der Waals surface area contributed by atoms with Crippen LogP contribution < -0.4 is 0 Å². The normalized spacial score (nSPS) is 12.8. The lowest BCUT2D eigenvalue weighted by atomic mass is 10.2. The maximum Gasteiger partial charge on any atom is 0.235 e. The monoisotopic (exact) mass is 455 g/mol. The Morgan fingerprint density at radius 2 is 1.72 bits per heavy atom. The second kappa shape index (κ2) is 5.19. The van der Waals surface area contributed by atoms with Crippen LogP contribution >= 0.6 is 47.8 Å². The highest BCUT2D eigenvalue weighted by Crippen LogP contribution is 2.41. The molecule has 2 rings (SSSR count). The van der Waals surface area contributed by atoms with E-state index in [0.717, 1.165) is 10.9 Å². The number of nitrogens with zero attached hydrogens (tertiary/aromatic N) is 1. The summed E-state index contributed by atoms with van der Waals surface area (Å²) >= 11 is 9.07. The number of benzene rings is 1. The van der Waals surface area contributed by atoms with Crippen molar-refractivity contribution in [2.24, 2.45) is 0 Å². The molecule has 3 nitrogen and oxygen atoms in total. The van der Waals surface area contributed by atoms with E-state index in [1.165, 1.54) is 0 Å². The maximum absolute atomic E-state index is 12.0. The van der Waals surface area contributed by atoms with Gasteiger partial charge in [-0.3, -0.25) is 4.98 Å². The number of sulfone groups is 1. The summed E-state index contributed by atoms with van der Waals surface area (Å²) in [5, 5.41) is 0.987. The Kier molecular flexibility index (Phi) is 4.16.